The highest BCUT2D eigenvalue weighted by atomic mass is 16.1. The number of nitrogens with zero attached hydrogens (tertiary/aromatic N) is 6. The second-order valence-electron chi connectivity index (χ2n) is 12.9. The van der Waals surface area contributed by atoms with Crippen LogP contribution in [0.2, 0.25) is 0 Å². The Morgan fingerprint density at radius 1 is 0.673 bits per heavy atom. The van der Waals surface area contributed by atoms with Crippen molar-refractivity contribution in [2.75, 3.05) is 5.73 Å². The Labute approximate surface area is 301 Å². The molecular weight excluding hydrogens is 643 g/mol. The Morgan fingerprint density at radius 3 is 1.85 bits per heavy atom. The van der Waals surface area contributed by atoms with Gasteiger partial charge in [0.2, 0.25) is 0 Å². The summed E-state index contributed by atoms with van der Waals surface area (Å²) in [6.07, 6.45) is 1.58. The number of nitrogens with two attached hydrogens (primary N) is 1. The second kappa shape index (κ2) is 13.9. The largest absolute Gasteiger partial charge is 0.399 e. The molecule has 52 heavy (non-hydrogen) atoms. The first-order chi connectivity index (χ1) is 25.6. The summed E-state index contributed by atoms with van der Waals surface area (Å²) in [6.45, 7) is 2.50. The van der Waals surface area contributed by atoms with E-state index in [4.69, 9.17) is 21.0 Å². The number of anilines is 1. The Morgan fingerprint density at radius 2 is 1.25 bits per heavy atom. The zero-order valence-electron chi connectivity index (χ0n) is 28.8. The van der Waals surface area contributed by atoms with Gasteiger partial charge < -0.3 is 5.73 Å². The quantitative estimate of drug-likeness (QED) is 0.116. The van der Waals surface area contributed by atoms with Gasteiger partial charge in [0, 0.05) is 17.7 Å². The van der Waals surface area contributed by atoms with Gasteiger partial charge in [0.25, 0.3) is 5.56 Å². The van der Waals surface area contributed by atoms with E-state index in [9.17, 15) is 4.79 Å². The zero-order valence-corrected chi connectivity index (χ0v) is 28.8. The van der Waals surface area contributed by atoms with Gasteiger partial charge in [-0.25, -0.2) is 9.67 Å². The fourth-order valence-corrected chi connectivity index (χ4v) is 7.25. The van der Waals surface area contributed by atoms with Crippen molar-refractivity contribution in [3.8, 4) is 22.5 Å². The second-order valence-corrected chi connectivity index (χ2v) is 12.9. The zero-order chi connectivity index (χ0) is 35.5. The van der Waals surface area contributed by atoms with E-state index in [2.05, 4.69) is 121 Å². The maximum atomic E-state index is 13.7. The van der Waals surface area contributed by atoms with Gasteiger partial charge in [0.1, 0.15) is 11.4 Å². The molecule has 2 aromatic heterocycles. The number of aryl methyl sites for hydroxylation is 1. The van der Waals surface area contributed by atoms with Crippen LogP contribution in [-0.2, 0) is 18.5 Å². The molecule has 2 heterocycles. The minimum Gasteiger partial charge on any atom is -0.399 e. The van der Waals surface area contributed by atoms with Crippen molar-refractivity contribution in [3.05, 3.63) is 196 Å². The third-order valence-corrected chi connectivity index (χ3v) is 9.67. The molecule has 6 aromatic carbocycles. The molecule has 0 aliphatic rings. The van der Waals surface area contributed by atoms with Crippen LogP contribution in [0.3, 0.4) is 0 Å². The lowest BCUT2D eigenvalue weighted by atomic mass is 9.77. The first kappa shape index (κ1) is 32.5. The summed E-state index contributed by atoms with van der Waals surface area (Å²) in [7, 11) is 0. The third kappa shape index (κ3) is 5.74. The van der Waals surface area contributed by atoms with Gasteiger partial charge in [0.15, 0.2) is 5.82 Å². The van der Waals surface area contributed by atoms with E-state index in [0.717, 1.165) is 51.2 Å². The fourth-order valence-electron chi connectivity index (χ4n) is 7.25. The normalized spacial score (nSPS) is 11.6. The Kier molecular flexibility index (Phi) is 8.71. The summed E-state index contributed by atoms with van der Waals surface area (Å²) in [6, 6.07) is 53.1. The van der Waals surface area contributed by atoms with E-state index >= 15 is 0 Å². The summed E-state index contributed by atoms with van der Waals surface area (Å²) in [5.74, 6) is 1.40. The van der Waals surface area contributed by atoms with Crippen LogP contribution in [-0.4, -0.2) is 29.8 Å². The van der Waals surface area contributed by atoms with Gasteiger partial charge in [-0.05, 0) is 68.4 Å². The Hall–Kier alpha value is -6.67. The Bertz CT molecular complexity index is 2430. The third-order valence-electron chi connectivity index (χ3n) is 9.67. The van der Waals surface area contributed by atoms with Crippen molar-refractivity contribution in [1.29, 1.82) is 0 Å². The number of benzene rings is 6. The van der Waals surface area contributed by atoms with Crippen LogP contribution in [0.1, 0.15) is 41.4 Å². The first-order valence-electron chi connectivity index (χ1n) is 17.5. The fraction of sp³-hybridized carbons (Fsp3) is 0.114. The van der Waals surface area contributed by atoms with Crippen LogP contribution in [0.5, 0.6) is 0 Å². The highest BCUT2D eigenvalue weighted by molar-refractivity contribution is 5.82. The van der Waals surface area contributed by atoms with E-state index < -0.39 is 5.54 Å². The van der Waals surface area contributed by atoms with E-state index in [1.54, 1.807) is 16.7 Å². The molecule has 0 amide bonds. The molecule has 0 spiro atoms. The van der Waals surface area contributed by atoms with E-state index in [1.807, 2.05) is 41.1 Å². The van der Waals surface area contributed by atoms with Crippen LogP contribution in [0, 0.1) is 0 Å². The molecule has 254 valence electrons. The predicted octanol–water partition coefficient (Wildman–Crippen LogP) is 8.14. The average Bonchev–Trinajstić information content (AvgIpc) is 3.69. The molecule has 0 atom stereocenters. The number of aromatic nitrogens is 6. The van der Waals surface area contributed by atoms with Crippen molar-refractivity contribution >= 4 is 16.6 Å². The minimum absolute atomic E-state index is 0.0826. The molecule has 0 aliphatic heterocycles. The number of fused-ring (bicyclic) bond motifs is 1. The number of rotatable bonds is 10. The number of hydrogen-bond donors (Lipinski definition) is 1. The predicted molar refractivity (Wildman–Crippen MR) is 207 cm³/mol. The van der Waals surface area contributed by atoms with Crippen molar-refractivity contribution in [1.82, 2.24) is 29.8 Å². The van der Waals surface area contributed by atoms with Crippen molar-refractivity contribution in [2.24, 2.45) is 0 Å². The molecule has 0 saturated heterocycles. The summed E-state index contributed by atoms with van der Waals surface area (Å²) in [4.78, 5) is 18.6. The summed E-state index contributed by atoms with van der Waals surface area (Å²) in [5, 5.41) is 14.3. The summed E-state index contributed by atoms with van der Waals surface area (Å²) >= 11 is 0. The molecule has 8 rings (SSSR count). The van der Waals surface area contributed by atoms with Crippen LogP contribution < -0.4 is 11.3 Å². The molecule has 0 saturated carbocycles. The van der Waals surface area contributed by atoms with E-state index in [1.165, 1.54) is 0 Å². The van der Waals surface area contributed by atoms with Gasteiger partial charge in [-0.1, -0.05) is 146 Å². The minimum atomic E-state index is -0.873. The van der Waals surface area contributed by atoms with Gasteiger partial charge in [-0.3, -0.25) is 9.36 Å². The van der Waals surface area contributed by atoms with Crippen LogP contribution in [0.25, 0.3) is 33.4 Å². The molecule has 8 nitrogen and oxygen atoms in total. The molecule has 2 N–H and O–H groups in total. The van der Waals surface area contributed by atoms with Gasteiger partial charge in [-0.2, -0.15) is 0 Å². The van der Waals surface area contributed by atoms with Crippen molar-refractivity contribution < 1.29 is 0 Å². The van der Waals surface area contributed by atoms with Crippen LogP contribution in [0.4, 0.5) is 5.69 Å². The molecule has 0 unspecified atom stereocenters. The monoisotopic (exact) mass is 679 g/mol. The molecule has 0 bridgehead atoms. The summed E-state index contributed by atoms with van der Waals surface area (Å²) < 4.78 is 3.74. The molecule has 0 aliphatic carbocycles. The van der Waals surface area contributed by atoms with E-state index in [0.29, 0.717) is 35.4 Å². The number of tetrazole rings is 1. The number of hydrogen-bond acceptors (Lipinski definition) is 6. The van der Waals surface area contributed by atoms with Gasteiger partial charge >= 0.3 is 0 Å². The number of nitrogen functional groups attached to an aromatic ring is 1. The first-order valence-corrected chi connectivity index (χ1v) is 17.5. The molecule has 8 heteroatoms. The highest BCUT2D eigenvalue weighted by Crippen LogP contribution is 2.43. The smallest absolute Gasteiger partial charge is 0.261 e. The van der Waals surface area contributed by atoms with Crippen LogP contribution >= 0.6 is 0 Å². The van der Waals surface area contributed by atoms with Crippen molar-refractivity contribution in [2.45, 2.75) is 31.8 Å². The standard InChI is InChI=1S/C44H37N7O/c1-2-14-41-46-40-28-27-36(45)29-39(40)43(52)50(41)30-31-23-25-32(26-24-31)37-21-12-13-22-38(37)42-47-48-49-51(42)44(33-15-6-3-7-16-33,34-17-8-4-9-18-34)35-19-10-5-11-20-35/h3-13,15-29H,2,14,30,45H2,1H3. The lowest BCUT2D eigenvalue weighted by molar-refractivity contribution is 0.451. The maximum Gasteiger partial charge on any atom is 0.261 e. The molecule has 0 fully saturated rings. The molecular formula is C44H37N7O. The van der Waals surface area contributed by atoms with Crippen molar-refractivity contribution in [3.63, 3.8) is 0 Å². The van der Waals surface area contributed by atoms with Crippen LogP contribution in [0.15, 0.2) is 163 Å². The van der Waals surface area contributed by atoms with Gasteiger partial charge in [-0.15, -0.1) is 5.10 Å². The summed E-state index contributed by atoms with van der Waals surface area (Å²) in [5.41, 5.74) is 13.3. The maximum absolute atomic E-state index is 13.7. The Balaban J connectivity index is 1.23. The molecule has 0 radical (unpaired) electrons. The highest BCUT2D eigenvalue weighted by Gasteiger charge is 2.42. The lowest BCUT2D eigenvalue weighted by Gasteiger charge is -2.36. The van der Waals surface area contributed by atoms with Gasteiger partial charge in [0.05, 0.1) is 17.4 Å². The lowest BCUT2D eigenvalue weighted by Crippen LogP contribution is -2.39. The van der Waals surface area contributed by atoms with E-state index in [-0.39, 0.29) is 5.56 Å². The molecule has 8 aromatic rings. The average molecular weight is 680 g/mol. The SMILES string of the molecule is CCCc1nc2ccc(N)cc2c(=O)n1Cc1ccc(-c2ccccc2-c2nnnn2C(c2ccccc2)(c2ccccc2)c2ccccc2)cc1. The topological polar surface area (TPSA) is 105 Å².